The van der Waals surface area contributed by atoms with Crippen LogP contribution in [0, 0.1) is 0 Å². The first kappa shape index (κ1) is 15.4. The van der Waals surface area contributed by atoms with E-state index in [0.717, 1.165) is 6.42 Å². The van der Waals surface area contributed by atoms with Crippen LogP contribution in [0.3, 0.4) is 0 Å². The number of nitrogens with zero attached hydrogens (tertiary/aromatic N) is 2. The summed E-state index contributed by atoms with van der Waals surface area (Å²) in [7, 11) is 1.68. The molecule has 0 aliphatic heterocycles. The summed E-state index contributed by atoms with van der Waals surface area (Å²) in [6.07, 6.45) is 0.951. The SMILES string of the molecule is CCC(C)(C)N(Cc1ccccc1)C(=NC)C(C)=O. The summed E-state index contributed by atoms with van der Waals surface area (Å²) in [5.74, 6) is 0.565. The molecule has 1 aromatic carbocycles. The summed E-state index contributed by atoms with van der Waals surface area (Å²) >= 11 is 0. The van der Waals surface area contributed by atoms with E-state index in [1.807, 2.05) is 18.2 Å². The van der Waals surface area contributed by atoms with Gasteiger partial charge in [0.25, 0.3) is 0 Å². The zero-order valence-electron chi connectivity index (χ0n) is 12.6. The van der Waals surface area contributed by atoms with Gasteiger partial charge in [-0.05, 0) is 25.8 Å². The molecule has 0 amide bonds. The van der Waals surface area contributed by atoms with Crippen molar-refractivity contribution in [3.63, 3.8) is 0 Å². The zero-order chi connectivity index (χ0) is 14.5. The van der Waals surface area contributed by atoms with E-state index < -0.39 is 0 Å². The lowest BCUT2D eigenvalue weighted by atomic mass is 9.97. The van der Waals surface area contributed by atoms with Gasteiger partial charge in [-0.1, -0.05) is 37.3 Å². The Hall–Kier alpha value is -1.64. The van der Waals surface area contributed by atoms with Crippen LogP contribution in [0.5, 0.6) is 0 Å². The summed E-state index contributed by atoms with van der Waals surface area (Å²) in [5.41, 5.74) is 1.09. The van der Waals surface area contributed by atoms with E-state index >= 15 is 0 Å². The standard InChI is InChI=1S/C16H24N2O/c1-6-16(3,4)18(15(17-5)13(2)19)12-14-10-8-7-9-11-14/h7-11H,6,12H2,1-5H3. The Morgan fingerprint density at radius 3 is 2.26 bits per heavy atom. The Morgan fingerprint density at radius 1 is 1.26 bits per heavy atom. The third-order valence-corrected chi connectivity index (χ3v) is 3.56. The van der Waals surface area contributed by atoms with Crippen molar-refractivity contribution in [2.75, 3.05) is 7.05 Å². The molecule has 0 atom stereocenters. The van der Waals surface area contributed by atoms with Gasteiger partial charge in [0.05, 0.1) is 0 Å². The fourth-order valence-electron chi connectivity index (χ4n) is 2.00. The summed E-state index contributed by atoms with van der Waals surface area (Å²) in [6, 6.07) is 10.2. The number of ketones is 1. The molecule has 0 radical (unpaired) electrons. The maximum absolute atomic E-state index is 11.8. The molecule has 19 heavy (non-hydrogen) atoms. The number of amidine groups is 1. The minimum Gasteiger partial charge on any atom is -0.345 e. The van der Waals surface area contributed by atoms with E-state index in [4.69, 9.17) is 0 Å². The molecule has 3 nitrogen and oxygen atoms in total. The van der Waals surface area contributed by atoms with Gasteiger partial charge in [-0.25, -0.2) is 0 Å². The molecular weight excluding hydrogens is 236 g/mol. The van der Waals surface area contributed by atoms with Gasteiger partial charge in [0.1, 0.15) is 0 Å². The van der Waals surface area contributed by atoms with Crippen molar-refractivity contribution in [1.82, 2.24) is 4.90 Å². The normalized spacial score (nSPS) is 12.4. The van der Waals surface area contributed by atoms with Gasteiger partial charge in [0.2, 0.25) is 0 Å². The van der Waals surface area contributed by atoms with Crippen LogP contribution < -0.4 is 0 Å². The molecule has 1 rings (SSSR count). The Bertz CT molecular complexity index is 449. The van der Waals surface area contributed by atoms with Crippen molar-refractivity contribution < 1.29 is 4.79 Å². The van der Waals surface area contributed by atoms with Crippen LogP contribution in [0.2, 0.25) is 0 Å². The molecule has 0 heterocycles. The first-order valence-corrected chi connectivity index (χ1v) is 6.71. The van der Waals surface area contributed by atoms with Crippen molar-refractivity contribution in [3.8, 4) is 0 Å². The molecule has 3 heteroatoms. The van der Waals surface area contributed by atoms with Crippen molar-refractivity contribution >= 4 is 11.6 Å². The largest absolute Gasteiger partial charge is 0.345 e. The lowest BCUT2D eigenvalue weighted by Gasteiger charge is -2.39. The van der Waals surface area contributed by atoms with Crippen LogP contribution in [0.25, 0.3) is 0 Å². The molecule has 0 aromatic heterocycles. The van der Waals surface area contributed by atoms with Gasteiger partial charge in [0.15, 0.2) is 11.6 Å². The fourth-order valence-corrected chi connectivity index (χ4v) is 2.00. The summed E-state index contributed by atoms with van der Waals surface area (Å²) < 4.78 is 0. The number of benzene rings is 1. The molecule has 0 aliphatic carbocycles. The molecule has 0 saturated heterocycles. The maximum atomic E-state index is 11.8. The Kier molecular flexibility index (Phi) is 5.28. The molecule has 0 fully saturated rings. The molecule has 1 aromatic rings. The highest BCUT2D eigenvalue weighted by molar-refractivity contribution is 6.37. The Balaban J connectivity index is 3.10. The van der Waals surface area contributed by atoms with Gasteiger partial charge in [-0.2, -0.15) is 0 Å². The van der Waals surface area contributed by atoms with Gasteiger partial charge in [0, 0.05) is 26.1 Å². The highest BCUT2D eigenvalue weighted by Crippen LogP contribution is 2.22. The van der Waals surface area contributed by atoms with E-state index in [1.54, 1.807) is 14.0 Å². The van der Waals surface area contributed by atoms with Crippen LogP contribution in [0.1, 0.15) is 39.7 Å². The zero-order valence-corrected chi connectivity index (χ0v) is 12.6. The average molecular weight is 260 g/mol. The number of hydrogen-bond donors (Lipinski definition) is 0. The van der Waals surface area contributed by atoms with E-state index in [-0.39, 0.29) is 11.3 Å². The van der Waals surface area contributed by atoms with Crippen LogP contribution in [0.4, 0.5) is 0 Å². The van der Waals surface area contributed by atoms with Crippen LogP contribution in [-0.4, -0.2) is 29.1 Å². The first-order chi connectivity index (χ1) is 8.92. The third kappa shape index (κ3) is 3.91. The van der Waals surface area contributed by atoms with E-state index in [1.165, 1.54) is 5.56 Å². The van der Waals surface area contributed by atoms with E-state index in [0.29, 0.717) is 12.4 Å². The van der Waals surface area contributed by atoms with Crippen LogP contribution in [-0.2, 0) is 11.3 Å². The minimum atomic E-state index is -0.101. The summed E-state index contributed by atoms with van der Waals surface area (Å²) in [6.45, 7) is 8.69. The second kappa shape index (κ2) is 6.50. The van der Waals surface area contributed by atoms with Crippen molar-refractivity contribution in [2.45, 2.75) is 46.2 Å². The van der Waals surface area contributed by atoms with E-state index in [2.05, 4.69) is 42.8 Å². The molecule has 0 bridgehead atoms. The Morgan fingerprint density at radius 2 is 1.84 bits per heavy atom. The highest BCUT2D eigenvalue weighted by atomic mass is 16.1. The Labute approximate surface area is 116 Å². The smallest absolute Gasteiger partial charge is 0.194 e. The number of carbonyl (C=O) groups is 1. The number of aliphatic imine (C=N–C) groups is 1. The number of hydrogen-bond acceptors (Lipinski definition) is 2. The maximum Gasteiger partial charge on any atom is 0.194 e. The van der Waals surface area contributed by atoms with E-state index in [9.17, 15) is 4.79 Å². The molecule has 0 aliphatic rings. The molecule has 0 unspecified atom stereocenters. The fraction of sp³-hybridized carbons (Fsp3) is 0.500. The molecule has 0 spiro atoms. The molecule has 104 valence electrons. The van der Waals surface area contributed by atoms with Gasteiger partial charge < -0.3 is 4.90 Å². The first-order valence-electron chi connectivity index (χ1n) is 6.71. The minimum absolute atomic E-state index is 0.0138. The number of carbonyl (C=O) groups excluding carboxylic acids is 1. The highest BCUT2D eigenvalue weighted by Gasteiger charge is 2.29. The summed E-state index contributed by atoms with van der Waals surface area (Å²) in [4.78, 5) is 18.1. The quantitative estimate of drug-likeness (QED) is 0.601. The van der Waals surface area contributed by atoms with Crippen molar-refractivity contribution in [1.29, 1.82) is 0 Å². The van der Waals surface area contributed by atoms with Gasteiger partial charge >= 0.3 is 0 Å². The monoisotopic (exact) mass is 260 g/mol. The number of rotatable bonds is 5. The van der Waals surface area contributed by atoms with Gasteiger partial charge in [-0.3, -0.25) is 9.79 Å². The average Bonchev–Trinajstić information content (AvgIpc) is 2.39. The number of Topliss-reactive ketones (excluding diaryl/α,β-unsaturated/α-hetero) is 1. The second-order valence-electron chi connectivity index (χ2n) is 5.34. The lowest BCUT2D eigenvalue weighted by Crippen LogP contribution is -2.49. The van der Waals surface area contributed by atoms with Gasteiger partial charge in [-0.15, -0.1) is 0 Å². The summed E-state index contributed by atoms with van der Waals surface area (Å²) in [5, 5.41) is 0. The van der Waals surface area contributed by atoms with Crippen LogP contribution >= 0.6 is 0 Å². The van der Waals surface area contributed by atoms with Crippen molar-refractivity contribution in [2.24, 2.45) is 4.99 Å². The molecule has 0 N–H and O–H groups in total. The topological polar surface area (TPSA) is 32.7 Å². The molecular formula is C16H24N2O. The van der Waals surface area contributed by atoms with Crippen molar-refractivity contribution in [3.05, 3.63) is 35.9 Å². The predicted octanol–water partition coefficient (Wildman–Crippen LogP) is 3.29. The second-order valence-corrected chi connectivity index (χ2v) is 5.34. The lowest BCUT2D eigenvalue weighted by molar-refractivity contribution is -0.112. The predicted molar refractivity (Wildman–Crippen MR) is 80.4 cm³/mol. The van der Waals surface area contributed by atoms with Crippen LogP contribution in [0.15, 0.2) is 35.3 Å². The third-order valence-electron chi connectivity index (χ3n) is 3.56. The molecule has 0 saturated carbocycles.